The molecule has 6 heteroatoms. The molecule has 0 spiro atoms. The Balaban J connectivity index is 1.68. The van der Waals surface area contributed by atoms with Crippen molar-refractivity contribution in [2.75, 3.05) is 12.4 Å². The number of pyridine rings is 1. The quantitative estimate of drug-likeness (QED) is 0.657. The number of aromatic nitrogens is 1. The van der Waals surface area contributed by atoms with Gasteiger partial charge in [-0.3, -0.25) is 9.78 Å². The maximum atomic E-state index is 12.4. The maximum absolute atomic E-state index is 12.4. The van der Waals surface area contributed by atoms with Crippen LogP contribution in [0.25, 0.3) is 0 Å². The molecule has 1 aromatic heterocycles. The largest absolute Gasteiger partial charge is 0.465 e. The van der Waals surface area contributed by atoms with Crippen molar-refractivity contribution in [2.45, 2.75) is 6.54 Å². The fourth-order valence-corrected chi connectivity index (χ4v) is 2.52. The molecule has 136 valence electrons. The molecule has 0 aliphatic heterocycles. The van der Waals surface area contributed by atoms with E-state index in [2.05, 4.69) is 15.6 Å². The van der Waals surface area contributed by atoms with Gasteiger partial charge in [-0.15, -0.1) is 0 Å². The van der Waals surface area contributed by atoms with Gasteiger partial charge in [0, 0.05) is 18.4 Å². The van der Waals surface area contributed by atoms with Crippen LogP contribution in [-0.2, 0) is 11.3 Å². The number of anilines is 2. The Morgan fingerprint density at radius 2 is 1.70 bits per heavy atom. The van der Waals surface area contributed by atoms with Gasteiger partial charge in [-0.2, -0.15) is 0 Å². The van der Waals surface area contributed by atoms with Crippen molar-refractivity contribution < 1.29 is 14.3 Å². The van der Waals surface area contributed by atoms with Crippen molar-refractivity contribution in [1.82, 2.24) is 10.3 Å². The summed E-state index contributed by atoms with van der Waals surface area (Å²) in [6.45, 7) is 0.443. The van der Waals surface area contributed by atoms with Crippen LogP contribution in [0.1, 0.15) is 26.3 Å². The average molecular weight is 361 g/mol. The molecule has 0 saturated carbocycles. The van der Waals surface area contributed by atoms with Crippen LogP contribution in [0.5, 0.6) is 0 Å². The van der Waals surface area contributed by atoms with Crippen LogP contribution in [0.15, 0.2) is 73.1 Å². The molecular formula is C21H19N3O3. The third-order valence-corrected chi connectivity index (χ3v) is 3.87. The molecule has 6 nitrogen and oxygen atoms in total. The van der Waals surface area contributed by atoms with Crippen LogP contribution in [0, 0.1) is 0 Å². The molecule has 1 amide bonds. The van der Waals surface area contributed by atoms with E-state index in [1.807, 2.05) is 36.4 Å². The number of nitrogens with zero attached hydrogens (tertiary/aromatic N) is 1. The number of ether oxygens (including phenoxy) is 1. The molecular weight excluding hydrogens is 342 g/mol. The molecule has 0 atom stereocenters. The minimum absolute atomic E-state index is 0.210. The second-order valence-electron chi connectivity index (χ2n) is 5.83. The van der Waals surface area contributed by atoms with Crippen LogP contribution in [0.2, 0.25) is 0 Å². The fraction of sp³-hybridized carbons (Fsp3) is 0.0952. The zero-order valence-corrected chi connectivity index (χ0v) is 14.8. The number of amides is 1. The van der Waals surface area contributed by atoms with Gasteiger partial charge in [0.2, 0.25) is 0 Å². The zero-order chi connectivity index (χ0) is 19.1. The van der Waals surface area contributed by atoms with Gasteiger partial charge in [0.25, 0.3) is 5.91 Å². The molecule has 3 rings (SSSR count). The predicted octanol–water partition coefficient (Wildman–Crippen LogP) is 3.54. The minimum Gasteiger partial charge on any atom is -0.465 e. The van der Waals surface area contributed by atoms with Crippen LogP contribution >= 0.6 is 0 Å². The lowest BCUT2D eigenvalue weighted by Crippen LogP contribution is -2.22. The number of nitrogens with one attached hydrogen (secondary N) is 2. The lowest BCUT2D eigenvalue weighted by Gasteiger charge is -2.09. The van der Waals surface area contributed by atoms with Crippen LogP contribution < -0.4 is 10.6 Å². The molecule has 27 heavy (non-hydrogen) atoms. The van der Waals surface area contributed by atoms with E-state index in [1.54, 1.807) is 30.5 Å². The fourth-order valence-electron chi connectivity index (χ4n) is 2.52. The monoisotopic (exact) mass is 361 g/mol. The average Bonchev–Trinajstić information content (AvgIpc) is 2.72. The number of hydrogen-bond acceptors (Lipinski definition) is 5. The van der Waals surface area contributed by atoms with Gasteiger partial charge in [-0.1, -0.05) is 36.4 Å². The van der Waals surface area contributed by atoms with Crippen LogP contribution in [-0.4, -0.2) is 24.0 Å². The summed E-state index contributed by atoms with van der Waals surface area (Å²) in [6.07, 6.45) is 3.12. The topological polar surface area (TPSA) is 80.3 Å². The highest BCUT2D eigenvalue weighted by molar-refractivity contribution is 5.95. The highest BCUT2D eigenvalue weighted by Crippen LogP contribution is 2.18. The molecule has 0 saturated heterocycles. The highest BCUT2D eigenvalue weighted by atomic mass is 16.5. The molecule has 0 fully saturated rings. The van der Waals surface area contributed by atoms with E-state index >= 15 is 0 Å². The van der Waals surface area contributed by atoms with Crippen molar-refractivity contribution >= 4 is 23.3 Å². The standard InChI is InChI=1S/C21H19N3O3/c1-27-21(26)16-8-5-9-18(10-16)24-19-11-17(13-22-14-19)20(25)23-12-15-6-3-2-4-7-15/h2-11,13-14,24H,12H2,1H3,(H,23,25). The number of benzene rings is 2. The predicted molar refractivity (Wildman–Crippen MR) is 103 cm³/mol. The summed E-state index contributed by atoms with van der Waals surface area (Å²) >= 11 is 0. The molecule has 0 aliphatic carbocycles. The number of carbonyl (C=O) groups excluding carboxylic acids is 2. The molecule has 2 aromatic carbocycles. The van der Waals surface area contributed by atoms with Crippen molar-refractivity contribution in [3.63, 3.8) is 0 Å². The van der Waals surface area contributed by atoms with Gasteiger partial charge < -0.3 is 15.4 Å². The first-order valence-corrected chi connectivity index (χ1v) is 8.38. The number of esters is 1. The Morgan fingerprint density at radius 1 is 0.926 bits per heavy atom. The van der Waals surface area contributed by atoms with Gasteiger partial charge in [-0.05, 0) is 29.8 Å². The first kappa shape index (κ1) is 18.1. The van der Waals surface area contributed by atoms with Crippen molar-refractivity contribution in [1.29, 1.82) is 0 Å². The second kappa shape index (κ2) is 8.62. The zero-order valence-electron chi connectivity index (χ0n) is 14.8. The van der Waals surface area contributed by atoms with Crippen molar-refractivity contribution in [2.24, 2.45) is 0 Å². The normalized spacial score (nSPS) is 10.1. The molecule has 0 bridgehead atoms. The number of methoxy groups -OCH3 is 1. The van der Waals surface area contributed by atoms with Crippen LogP contribution in [0.4, 0.5) is 11.4 Å². The maximum Gasteiger partial charge on any atom is 0.337 e. The van der Waals surface area contributed by atoms with E-state index in [-0.39, 0.29) is 5.91 Å². The van der Waals surface area contributed by atoms with E-state index in [9.17, 15) is 9.59 Å². The van der Waals surface area contributed by atoms with E-state index in [0.29, 0.717) is 29.0 Å². The summed E-state index contributed by atoms with van der Waals surface area (Å²) in [5.41, 5.74) is 3.24. The lowest BCUT2D eigenvalue weighted by atomic mass is 10.2. The number of hydrogen-bond donors (Lipinski definition) is 2. The van der Waals surface area contributed by atoms with E-state index < -0.39 is 5.97 Å². The van der Waals surface area contributed by atoms with E-state index in [4.69, 9.17) is 4.74 Å². The molecule has 1 heterocycles. The van der Waals surface area contributed by atoms with Gasteiger partial charge >= 0.3 is 5.97 Å². The molecule has 3 aromatic rings. The Kier molecular flexibility index (Phi) is 5.79. The van der Waals surface area contributed by atoms with Gasteiger partial charge in [0.15, 0.2) is 0 Å². The molecule has 0 unspecified atom stereocenters. The van der Waals surface area contributed by atoms with Crippen LogP contribution in [0.3, 0.4) is 0 Å². The summed E-state index contributed by atoms with van der Waals surface area (Å²) in [7, 11) is 1.34. The first-order chi connectivity index (χ1) is 13.2. The summed E-state index contributed by atoms with van der Waals surface area (Å²) in [5, 5.41) is 6.01. The second-order valence-corrected chi connectivity index (χ2v) is 5.83. The van der Waals surface area contributed by atoms with Crippen molar-refractivity contribution in [3.8, 4) is 0 Å². The minimum atomic E-state index is -0.411. The Bertz CT molecular complexity index is 942. The Labute approximate surface area is 157 Å². The third-order valence-electron chi connectivity index (χ3n) is 3.87. The Hall–Kier alpha value is -3.67. The lowest BCUT2D eigenvalue weighted by molar-refractivity contribution is 0.0600. The van der Waals surface area contributed by atoms with Gasteiger partial charge in [0.1, 0.15) is 0 Å². The third kappa shape index (κ3) is 4.92. The smallest absolute Gasteiger partial charge is 0.337 e. The number of carbonyl (C=O) groups is 2. The highest BCUT2D eigenvalue weighted by Gasteiger charge is 2.09. The Morgan fingerprint density at radius 3 is 2.48 bits per heavy atom. The first-order valence-electron chi connectivity index (χ1n) is 8.38. The summed E-state index contributed by atoms with van der Waals surface area (Å²) in [6, 6.07) is 18.3. The summed E-state index contributed by atoms with van der Waals surface area (Å²) in [4.78, 5) is 28.1. The van der Waals surface area contributed by atoms with Gasteiger partial charge in [-0.25, -0.2) is 4.79 Å². The number of rotatable bonds is 6. The molecule has 0 aliphatic rings. The van der Waals surface area contributed by atoms with Crippen molar-refractivity contribution in [3.05, 3.63) is 89.7 Å². The van der Waals surface area contributed by atoms with Gasteiger partial charge in [0.05, 0.1) is 30.1 Å². The SMILES string of the molecule is COC(=O)c1cccc(Nc2cncc(C(=O)NCc3ccccc3)c2)c1. The van der Waals surface area contributed by atoms with E-state index in [1.165, 1.54) is 13.3 Å². The molecule has 0 radical (unpaired) electrons. The molecule has 2 N–H and O–H groups in total. The summed E-state index contributed by atoms with van der Waals surface area (Å²) < 4.78 is 4.72. The summed E-state index contributed by atoms with van der Waals surface area (Å²) in [5.74, 6) is -0.621. The van der Waals surface area contributed by atoms with E-state index in [0.717, 1.165) is 5.56 Å².